The lowest BCUT2D eigenvalue weighted by Gasteiger charge is -2.23. The van der Waals surface area contributed by atoms with Crippen molar-refractivity contribution >= 4 is 23.3 Å². The lowest BCUT2D eigenvalue weighted by molar-refractivity contribution is -0.155. The molecule has 1 aromatic carbocycles. The first kappa shape index (κ1) is 16.6. The minimum Gasteiger partial charge on any atom is -0.495 e. The molecule has 0 heterocycles. The molecule has 0 radical (unpaired) electrons. The van der Waals surface area contributed by atoms with Crippen LogP contribution in [0.15, 0.2) is 12.1 Å². The van der Waals surface area contributed by atoms with E-state index in [1.165, 1.54) is 0 Å². The molecule has 1 N–H and O–H groups in total. The standard InChI is InChI=1S/C15H22ClNO3/c1-9-7-12(13(19-6)8-11(9)16)17-10(2)14(18)20-15(3,4)5/h7-8,10,17H,1-6H3. The molecule has 1 aromatic rings. The molecule has 5 heteroatoms. The maximum atomic E-state index is 12.0. The van der Waals surface area contributed by atoms with E-state index in [1.54, 1.807) is 20.1 Å². The van der Waals surface area contributed by atoms with Crippen molar-refractivity contribution in [2.45, 2.75) is 46.3 Å². The van der Waals surface area contributed by atoms with Crippen LogP contribution >= 0.6 is 11.6 Å². The van der Waals surface area contributed by atoms with E-state index in [1.807, 2.05) is 33.8 Å². The number of benzene rings is 1. The fourth-order valence-electron chi connectivity index (χ4n) is 1.63. The van der Waals surface area contributed by atoms with Crippen LogP contribution in [0.4, 0.5) is 5.69 Å². The molecular weight excluding hydrogens is 278 g/mol. The van der Waals surface area contributed by atoms with E-state index >= 15 is 0 Å². The van der Waals surface area contributed by atoms with Crippen LogP contribution in [0.1, 0.15) is 33.3 Å². The highest BCUT2D eigenvalue weighted by Crippen LogP contribution is 2.31. The maximum absolute atomic E-state index is 12.0. The van der Waals surface area contributed by atoms with Gasteiger partial charge in [0.05, 0.1) is 12.8 Å². The van der Waals surface area contributed by atoms with Crippen molar-refractivity contribution in [3.05, 3.63) is 22.7 Å². The van der Waals surface area contributed by atoms with Crippen molar-refractivity contribution < 1.29 is 14.3 Å². The Bertz CT molecular complexity index is 495. The SMILES string of the molecule is COc1cc(Cl)c(C)cc1NC(C)C(=O)OC(C)(C)C. The summed E-state index contributed by atoms with van der Waals surface area (Å²) >= 11 is 6.05. The van der Waals surface area contributed by atoms with Crippen molar-refractivity contribution in [2.24, 2.45) is 0 Å². The molecule has 0 aliphatic heterocycles. The molecule has 112 valence electrons. The van der Waals surface area contributed by atoms with Gasteiger partial charge >= 0.3 is 5.97 Å². The topological polar surface area (TPSA) is 47.6 Å². The van der Waals surface area contributed by atoms with Crippen molar-refractivity contribution in [3.63, 3.8) is 0 Å². The van der Waals surface area contributed by atoms with E-state index < -0.39 is 11.6 Å². The normalized spacial score (nSPS) is 12.8. The fraction of sp³-hybridized carbons (Fsp3) is 0.533. The molecule has 20 heavy (non-hydrogen) atoms. The smallest absolute Gasteiger partial charge is 0.328 e. The zero-order chi connectivity index (χ0) is 15.5. The number of esters is 1. The van der Waals surface area contributed by atoms with E-state index in [2.05, 4.69) is 5.32 Å². The van der Waals surface area contributed by atoms with Gasteiger partial charge in [-0.15, -0.1) is 0 Å². The number of carbonyl (C=O) groups excluding carboxylic acids is 1. The number of ether oxygens (including phenoxy) is 2. The lowest BCUT2D eigenvalue weighted by Crippen LogP contribution is -2.34. The molecule has 0 saturated heterocycles. The van der Waals surface area contributed by atoms with Crippen LogP contribution in [0.25, 0.3) is 0 Å². The Kier molecular flexibility index (Phi) is 5.28. The van der Waals surface area contributed by atoms with E-state index in [9.17, 15) is 4.79 Å². The second kappa shape index (κ2) is 6.35. The lowest BCUT2D eigenvalue weighted by atomic mass is 10.1. The number of methoxy groups -OCH3 is 1. The van der Waals surface area contributed by atoms with Gasteiger partial charge in [-0.3, -0.25) is 0 Å². The predicted octanol–water partition coefficient (Wildman–Crippen LogP) is 3.80. The fourth-order valence-corrected chi connectivity index (χ4v) is 1.78. The molecule has 0 aliphatic carbocycles. The molecule has 0 bridgehead atoms. The maximum Gasteiger partial charge on any atom is 0.328 e. The van der Waals surface area contributed by atoms with Crippen LogP contribution < -0.4 is 10.1 Å². The van der Waals surface area contributed by atoms with Gasteiger partial charge in [0.2, 0.25) is 0 Å². The summed E-state index contributed by atoms with van der Waals surface area (Å²) in [6.07, 6.45) is 0. The Hall–Kier alpha value is -1.42. The monoisotopic (exact) mass is 299 g/mol. The Labute approximate surface area is 125 Å². The molecular formula is C15H22ClNO3. The third-order valence-corrected chi connectivity index (χ3v) is 3.02. The van der Waals surface area contributed by atoms with Gasteiger partial charge in [0.25, 0.3) is 0 Å². The molecule has 0 aliphatic rings. The number of hydrogen-bond donors (Lipinski definition) is 1. The van der Waals surface area contributed by atoms with Crippen molar-refractivity contribution in [2.75, 3.05) is 12.4 Å². The van der Waals surface area contributed by atoms with Gasteiger partial charge in [-0.25, -0.2) is 4.79 Å². The molecule has 0 saturated carbocycles. The molecule has 0 amide bonds. The predicted molar refractivity (Wildman–Crippen MR) is 81.7 cm³/mol. The number of hydrogen-bond acceptors (Lipinski definition) is 4. The quantitative estimate of drug-likeness (QED) is 0.859. The van der Waals surface area contributed by atoms with Gasteiger partial charge in [-0.2, -0.15) is 0 Å². The first-order chi connectivity index (χ1) is 9.14. The Morgan fingerprint density at radius 3 is 2.45 bits per heavy atom. The van der Waals surface area contributed by atoms with Crippen LogP contribution in [0.3, 0.4) is 0 Å². The summed E-state index contributed by atoms with van der Waals surface area (Å²) in [5.74, 6) is 0.281. The molecule has 0 aromatic heterocycles. The van der Waals surface area contributed by atoms with Crippen molar-refractivity contribution in [1.29, 1.82) is 0 Å². The van der Waals surface area contributed by atoms with E-state index in [4.69, 9.17) is 21.1 Å². The van der Waals surface area contributed by atoms with Crippen LogP contribution in [0, 0.1) is 6.92 Å². The Morgan fingerprint density at radius 1 is 1.35 bits per heavy atom. The number of halogens is 1. The van der Waals surface area contributed by atoms with Gasteiger partial charge in [-0.05, 0) is 46.2 Å². The van der Waals surface area contributed by atoms with Crippen LogP contribution in [-0.2, 0) is 9.53 Å². The molecule has 1 atom stereocenters. The third kappa shape index (κ3) is 4.60. The van der Waals surface area contributed by atoms with Crippen LogP contribution in [-0.4, -0.2) is 24.7 Å². The van der Waals surface area contributed by atoms with Crippen molar-refractivity contribution in [3.8, 4) is 5.75 Å². The first-order valence-corrected chi connectivity index (χ1v) is 6.85. The van der Waals surface area contributed by atoms with E-state index in [0.29, 0.717) is 16.5 Å². The van der Waals surface area contributed by atoms with Crippen molar-refractivity contribution in [1.82, 2.24) is 0 Å². The highest BCUT2D eigenvalue weighted by atomic mass is 35.5. The van der Waals surface area contributed by atoms with Gasteiger partial charge in [0.15, 0.2) is 0 Å². The summed E-state index contributed by atoms with van der Waals surface area (Å²) < 4.78 is 10.6. The Balaban J connectivity index is 2.87. The zero-order valence-electron chi connectivity index (χ0n) is 12.8. The van der Waals surface area contributed by atoms with Crippen LogP contribution in [0.2, 0.25) is 5.02 Å². The minimum absolute atomic E-state index is 0.313. The summed E-state index contributed by atoms with van der Waals surface area (Å²) in [4.78, 5) is 12.0. The van der Waals surface area contributed by atoms with Crippen LogP contribution in [0.5, 0.6) is 5.75 Å². The number of anilines is 1. The zero-order valence-corrected chi connectivity index (χ0v) is 13.6. The number of carbonyl (C=O) groups is 1. The highest BCUT2D eigenvalue weighted by molar-refractivity contribution is 6.31. The molecule has 1 rings (SSSR count). The first-order valence-electron chi connectivity index (χ1n) is 6.47. The second-order valence-electron chi connectivity index (χ2n) is 5.70. The minimum atomic E-state index is -0.507. The van der Waals surface area contributed by atoms with Gasteiger partial charge in [0.1, 0.15) is 17.4 Å². The highest BCUT2D eigenvalue weighted by Gasteiger charge is 2.22. The number of rotatable bonds is 4. The third-order valence-electron chi connectivity index (χ3n) is 2.61. The molecule has 0 spiro atoms. The summed E-state index contributed by atoms with van der Waals surface area (Å²) in [5.41, 5.74) is 1.12. The average molecular weight is 300 g/mol. The van der Waals surface area contributed by atoms with Gasteiger partial charge in [0, 0.05) is 11.1 Å². The average Bonchev–Trinajstić information content (AvgIpc) is 2.31. The Morgan fingerprint density at radius 2 is 1.95 bits per heavy atom. The van der Waals surface area contributed by atoms with E-state index in [0.717, 1.165) is 5.56 Å². The summed E-state index contributed by atoms with van der Waals surface area (Å²) in [7, 11) is 1.56. The molecule has 1 unspecified atom stereocenters. The largest absolute Gasteiger partial charge is 0.495 e. The summed E-state index contributed by atoms with van der Waals surface area (Å²) in [6.45, 7) is 9.16. The van der Waals surface area contributed by atoms with Gasteiger partial charge < -0.3 is 14.8 Å². The number of nitrogens with one attached hydrogen (secondary N) is 1. The molecule has 0 fully saturated rings. The van der Waals surface area contributed by atoms with Gasteiger partial charge in [-0.1, -0.05) is 11.6 Å². The second-order valence-corrected chi connectivity index (χ2v) is 6.11. The summed E-state index contributed by atoms with van der Waals surface area (Å²) in [5, 5.41) is 3.72. The molecule has 4 nitrogen and oxygen atoms in total. The number of aryl methyl sites for hydroxylation is 1. The summed E-state index contributed by atoms with van der Waals surface area (Å²) in [6, 6.07) is 3.09. The van der Waals surface area contributed by atoms with E-state index in [-0.39, 0.29) is 5.97 Å².